The van der Waals surface area contributed by atoms with Crippen molar-refractivity contribution in [3.8, 4) is 5.75 Å². The Morgan fingerprint density at radius 3 is 2.43 bits per heavy atom. The van der Waals surface area contributed by atoms with E-state index in [9.17, 15) is 9.59 Å². The minimum Gasteiger partial charge on any atom is -0.484 e. The number of nitrogens with one attached hydrogen (secondary N) is 1. The minimum absolute atomic E-state index is 0.0974. The lowest BCUT2D eigenvalue weighted by Crippen LogP contribution is -2.20. The first kappa shape index (κ1) is 17.0. The Balaban J connectivity index is 1.89. The van der Waals surface area contributed by atoms with Crippen LogP contribution in [0.1, 0.15) is 15.9 Å². The molecule has 0 spiro atoms. The van der Waals surface area contributed by atoms with Crippen LogP contribution in [0.3, 0.4) is 0 Å². The number of carbonyl (C=O) groups is 2. The zero-order chi connectivity index (χ0) is 16.8. The first-order valence-electron chi connectivity index (χ1n) is 6.87. The molecule has 0 radical (unpaired) electrons. The van der Waals surface area contributed by atoms with Gasteiger partial charge in [-0.1, -0.05) is 15.9 Å². The van der Waals surface area contributed by atoms with Gasteiger partial charge in [-0.25, -0.2) is 4.79 Å². The molecule has 0 aliphatic carbocycles. The quantitative estimate of drug-likeness (QED) is 0.809. The SMILES string of the molecule is COC(=O)c1ccc(NC(=O)COc2ccc(Br)c(C)c2)cc1. The standard InChI is InChI=1S/C17H16BrNO4/c1-11-9-14(7-8-15(11)18)23-10-16(20)19-13-5-3-12(4-6-13)17(21)22-2/h3-9H,10H2,1-2H3,(H,19,20). The predicted octanol–water partition coefficient (Wildman–Crippen LogP) is 3.56. The number of hydrogen-bond acceptors (Lipinski definition) is 4. The normalized spacial score (nSPS) is 10.0. The third-order valence-corrected chi connectivity index (χ3v) is 3.98. The summed E-state index contributed by atoms with van der Waals surface area (Å²) in [5.41, 5.74) is 2.03. The Morgan fingerprint density at radius 1 is 1.13 bits per heavy atom. The van der Waals surface area contributed by atoms with Crippen LogP contribution in [0.25, 0.3) is 0 Å². The van der Waals surface area contributed by atoms with Crippen LogP contribution in [-0.2, 0) is 9.53 Å². The molecule has 0 atom stereocenters. The van der Waals surface area contributed by atoms with Crippen molar-refractivity contribution in [3.05, 3.63) is 58.1 Å². The molecule has 120 valence electrons. The Bertz CT molecular complexity index is 713. The number of aryl methyl sites for hydroxylation is 1. The molecular formula is C17H16BrNO4. The lowest BCUT2D eigenvalue weighted by molar-refractivity contribution is -0.118. The van der Waals surface area contributed by atoms with Crippen LogP contribution in [-0.4, -0.2) is 25.6 Å². The van der Waals surface area contributed by atoms with Crippen LogP contribution < -0.4 is 10.1 Å². The highest BCUT2D eigenvalue weighted by molar-refractivity contribution is 9.10. The molecule has 6 heteroatoms. The van der Waals surface area contributed by atoms with Gasteiger partial charge in [0.05, 0.1) is 12.7 Å². The van der Waals surface area contributed by atoms with E-state index in [4.69, 9.17) is 4.74 Å². The van der Waals surface area contributed by atoms with E-state index in [2.05, 4.69) is 26.0 Å². The Labute approximate surface area is 142 Å². The molecule has 0 heterocycles. The molecule has 0 aliphatic rings. The van der Waals surface area contributed by atoms with Crippen LogP contribution in [0, 0.1) is 6.92 Å². The van der Waals surface area contributed by atoms with Crippen molar-refractivity contribution in [2.45, 2.75) is 6.92 Å². The van der Waals surface area contributed by atoms with Gasteiger partial charge in [-0.3, -0.25) is 4.79 Å². The second-order valence-electron chi connectivity index (χ2n) is 4.82. The van der Waals surface area contributed by atoms with Gasteiger partial charge >= 0.3 is 5.97 Å². The summed E-state index contributed by atoms with van der Waals surface area (Å²) in [6.07, 6.45) is 0. The molecule has 5 nitrogen and oxygen atoms in total. The van der Waals surface area contributed by atoms with Gasteiger partial charge in [-0.2, -0.15) is 0 Å². The topological polar surface area (TPSA) is 64.6 Å². The fraction of sp³-hybridized carbons (Fsp3) is 0.176. The molecule has 1 N–H and O–H groups in total. The highest BCUT2D eigenvalue weighted by atomic mass is 79.9. The third kappa shape index (κ3) is 4.82. The van der Waals surface area contributed by atoms with Gasteiger partial charge in [0.25, 0.3) is 5.91 Å². The summed E-state index contributed by atoms with van der Waals surface area (Å²) in [5.74, 6) is -0.0740. The Hall–Kier alpha value is -2.34. The summed E-state index contributed by atoms with van der Waals surface area (Å²) in [7, 11) is 1.32. The maximum Gasteiger partial charge on any atom is 0.337 e. The number of hydrogen-bond donors (Lipinski definition) is 1. The number of ether oxygens (including phenoxy) is 2. The highest BCUT2D eigenvalue weighted by Crippen LogP contribution is 2.21. The lowest BCUT2D eigenvalue weighted by Gasteiger charge is -2.09. The maximum atomic E-state index is 11.9. The molecule has 0 aromatic heterocycles. The van der Waals surface area contributed by atoms with Crippen LogP contribution in [0.15, 0.2) is 46.9 Å². The van der Waals surface area contributed by atoms with Crippen molar-refractivity contribution < 1.29 is 19.1 Å². The lowest BCUT2D eigenvalue weighted by atomic mass is 10.2. The average Bonchev–Trinajstić information content (AvgIpc) is 2.56. The fourth-order valence-corrected chi connectivity index (χ4v) is 2.11. The molecule has 0 bridgehead atoms. The maximum absolute atomic E-state index is 11.9. The fourth-order valence-electron chi connectivity index (χ4n) is 1.86. The van der Waals surface area contributed by atoms with E-state index in [0.717, 1.165) is 10.0 Å². The van der Waals surface area contributed by atoms with E-state index in [-0.39, 0.29) is 12.5 Å². The van der Waals surface area contributed by atoms with Crippen LogP contribution in [0.2, 0.25) is 0 Å². The number of benzene rings is 2. The van der Waals surface area contributed by atoms with E-state index in [1.54, 1.807) is 30.3 Å². The van der Waals surface area contributed by atoms with Crippen molar-refractivity contribution in [2.24, 2.45) is 0 Å². The molecular weight excluding hydrogens is 362 g/mol. The molecule has 0 saturated heterocycles. The monoisotopic (exact) mass is 377 g/mol. The van der Waals surface area contributed by atoms with E-state index < -0.39 is 5.97 Å². The Morgan fingerprint density at radius 2 is 1.83 bits per heavy atom. The van der Waals surface area contributed by atoms with Crippen LogP contribution >= 0.6 is 15.9 Å². The summed E-state index contributed by atoms with van der Waals surface area (Å²) in [5, 5.41) is 2.70. The summed E-state index contributed by atoms with van der Waals surface area (Å²) >= 11 is 3.41. The number of halogens is 1. The van der Waals surface area contributed by atoms with Gasteiger partial charge < -0.3 is 14.8 Å². The second kappa shape index (κ2) is 7.78. The largest absolute Gasteiger partial charge is 0.484 e. The highest BCUT2D eigenvalue weighted by Gasteiger charge is 2.07. The molecule has 23 heavy (non-hydrogen) atoms. The number of anilines is 1. The summed E-state index contributed by atoms with van der Waals surface area (Å²) in [6.45, 7) is 1.85. The molecule has 0 aliphatic heterocycles. The number of methoxy groups -OCH3 is 1. The van der Waals surface area contributed by atoms with Gasteiger partial charge in [0.15, 0.2) is 6.61 Å². The molecule has 0 fully saturated rings. The predicted molar refractivity (Wildman–Crippen MR) is 90.8 cm³/mol. The molecule has 0 unspecified atom stereocenters. The van der Waals surface area contributed by atoms with Gasteiger partial charge in [-0.05, 0) is 55.0 Å². The molecule has 2 rings (SSSR count). The van der Waals surface area contributed by atoms with E-state index in [1.807, 2.05) is 19.1 Å². The third-order valence-electron chi connectivity index (χ3n) is 3.09. The van der Waals surface area contributed by atoms with E-state index in [0.29, 0.717) is 17.0 Å². The molecule has 2 aromatic carbocycles. The summed E-state index contributed by atoms with van der Waals surface area (Å²) in [6, 6.07) is 11.9. The van der Waals surface area contributed by atoms with Crippen LogP contribution in [0.5, 0.6) is 5.75 Å². The van der Waals surface area contributed by atoms with Crippen LogP contribution in [0.4, 0.5) is 5.69 Å². The summed E-state index contributed by atoms with van der Waals surface area (Å²) < 4.78 is 11.0. The minimum atomic E-state index is -0.420. The molecule has 0 saturated carbocycles. The number of amides is 1. The van der Waals surface area contributed by atoms with E-state index in [1.165, 1.54) is 7.11 Å². The van der Waals surface area contributed by atoms with Gasteiger partial charge in [0.2, 0.25) is 0 Å². The van der Waals surface area contributed by atoms with E-state index >= 15 is 0 Å². The number of carbonyl (C=O) groups excluding carboxylic acids is 2. The Kier molecular flexibility index (Phi) is 5.76. The van der Waals surface area contributed by atoms with Crippen molar-refractivity contribution in [1.82, 2.24) is 0 Å². The number of rotatable bonds is 5. The van der Waals surface area contributed by atoms with Crippen molar-refractivity contribution >= 4 is 33.5 Å². The van der Waals surface area contributed by atoms with Crippen molar-refractivity contribution in [1.29, 1.82) is 0 Å². The number of esters is 1. The summed E-state index contributed by atoms with van der Waals surface area (Å²) in [4.78, 5) is 23.2. The van der Waals surface area contributed by atoms with Gasteiger partial charge in [0.1, 0.15) is 5.75 Å². The first-order valence-corrected chi connectivity index (χ1v) is 7.66. The van der Waals surface area contributed by atoms with Crippen molar-refractivity contribution in [3.63, 3.8) is 0 Å². The smallest absolute Gasteiger partial charge is 0.337 e. The zero-order valence-electron chi connectivity index (χ0n) is 12.8. The second-order valence-corrected chi connectivity index (χ2v) is 5.67. The molecule has 2 aromatic rings. The zero-order valence-corrected chi connectivity index (χ0v) is 14.3. The molecule has 1 amide bonds. The average molecular weight is 378 g/mol. The first-order chi connectivity index (χ1) is 11.0. The van der Waals surface area contributed by atoms with Gasteiger partial charge in [-0.15, -0.1) is 0 Å². The van der Waals surface area contributed by atoms with Gasteiger partial charge in [0, 0.05) is 10.2 Å². The van der Waals surface area contributed by atoms with Crippen molar-refractivity contribution in [2.75, 3.05) is 19.0 Å².